The van der Waals surface area contributed by atoms with Crippen LogP contribution in [0, 0.1) is 17.7 Å². The van der Waals surface area contributed by atoms with Gasteiger partial charge in [0.2, 0.25) is 0 Å². The first-order valence-corrected chi connectivity index (χ1v) is 6.24. The van der Waals surface area contributed by atoms with E-state index in [-0.39, 0.29) is 23.4 Å². The molecule has 1 saturated carbocycles. The van der Waals surface area contributed by atoms with Crippen molar-refractivity contribution in [3.8, 4) is 0 Å². The first-order valence-electron chi connectivity index (χ1n) is 6.24. The lowest BCUT2D eigenvalue weighted by Gasteiger charge is -2.21. The Morgan fingerprint density at radius 1 is 1.39 bits per heavy atom. The lowest BCUT2D eigenvalue weighted by atomic mass is 9.85. The summed E-state index contributed by atoms with van der Waals surface area (Å²) in [5.74, 6) is -0.581. The standard InChI is InChI=1S/C15H17FO2/c1-2-14(17)12-4-3-5-13(12)15(18)10-6-8-11(16)9-7-10/h2,6-9,12-14,17H,1,3-5H2/t12-,13-,14+/m0/s1. The molecule has 0 saturated heterocycles. The maximum atomic E-state index is 12.8. The van der Waals surface area contributed by atoms with Crippen LogP contribution in [0.15, 0.2) is 36.9 Å². The summed E-state index contributed by atoms with van der Waals surface area (Å²) in [6.07, 6.45) is 3.41. The molecule has 2 nitrogen and oxygen atoms in total. The molecule has 0 heterocycles. The van der Waals surface area contributed by atoms with Gasteiger partial charge in [-0.05, 0) is 43.0 Å². The summed E-state index contributed by atoms with van der Waals surface area (Å²) in [6, 6.07) is 5.60. The SMILES string of the molecule is C=C[C@@H](O)[C@H]1CCC[C@@H]1C(=O)c1ccc(F)cc1. The van der Waals surface area contributed by atoms with Crippen LogP contribution in [0.2, 0.25) is 0 Å². The van der Waals surface area contributed by atoms with Crippen LogP contribution >= 0.6 is 0 Å². The zero-order chi connectivity index (χ0) is 13.1. The minimum atomic E-state index is -0.637. The van der Waals surface area contributed by atoms with E-state index in [0.29, 0.717) is 5.56 Å². The molecule has 1 aliphatic carbocycles. The second kappa shape index (κ2) is 5.44. The summed E-state index contributed by atoms with van der Waals surface area (Å²) in [6.45, 7) is 3.57. The zero-order valence-corrected chi connectivity index (χ0v) is 10.2. The Hall–Kier alpha value is -1.48. The van der Waals surface area contributed by atoms with Crippen molar-refractivity contribution in [2.75, 3.05) is 0 Å². The van der Waals surface area contributed by atoms with Crippen LogP contribution in [0.3, 0.4) is 0 Å². The Labute approximate surface area is 106 Å². The molecule has 0 aliphatic heterocycles. The highest BCUT2D eigenvalue weighted by Crippen LogP contribution is 2.36. The number of aliphatic hydroxyl groups is 1. The van der Waals surface area contributed by atoms with Gasteiger partial charge in [0, 0.05) is 11.5 Å². The van der Waals surface area contributed by atoms with Crippen molar-refractivity contribution in [2.24, 2.45) is 11.8 Å². The number of ketones is 1. The highest BCUT2D eigenvalue weighted by molar-refractivity contribution is 5.98. The van der Waals surface area contributed by atoms with E-state index >= 15 is 0 Å². The third-order valence-corrected chi connectivity index (χ3v) is 3.72. The number of hydrogen-bond donors (Lipinski definition) is 1. The summed E-state index contributed by atoms with van der Waals surface area (Å²) >= 11 is 0. The van der Waals surface area contributed by atoms with Crippen molar-refractivity contribution in [3.63, 3.8) is 0 Å². The molecule has 18 heavy (non-hydrogen) atoms. The van der Waals surface area contributed by atoms with Gasteiger partial charge in [0.05, 0.1) is 6.10 Å². The second-order valence-electron chi connectivity index (χ2n) is 4.80. The lowest BCUT2D eigenvalue weighted by molar-refractivity contribution is 0.0777. The fourth-order valence-corrected chi connectivity index (χ4v) is 2.73. The number of Topliss-reactive ketones (excluding diaryl/α,β-unsaturated/α-hetero) is 1. The largest absolute Gasteiger partial charge is 0.389 e. The number of carbonyl (C=O) groups excluding carboxylic acids is 1. The van der Waals surface area contributed by atoms with E-state index in [0.717, 1.165) is 19.3 Å². The number of benzene rings is 1. The smallest absolute Gasteiger partial charge is 0.166 e. The van der Waals surface area contributed by atoms with Gasteiger partial charge in [-0.25, -0.2) is 4.39 Å². The van der Waals surface area contributed by atoms with Gasteiger partial charge < -0.3 is 5.11 Å². The Kier molecular flexibility index (Phi) is 3.92. The molecular formula is C15H17FO2. The van der Waals surface area contributed by atoms with E-state index in [1.807, 2.05) is 0 Å². The predicted molar refractivity (Wildman–Crippen MR) is 67.8 cm³/mol. The van der Waals surface area contributed by atoms with Crippen molar-refractivity contribution in [2.45, 2.75) is 25.4 Å². The molecule has 0 unspecified atom stereocenters. The van der Waals surface area contributed by atoms with Crippen LogP contribution in [0.1, 0.15) is 29.6 Å². The van der Waals surface area contributed by atoms with Crippen molar-refractivity contribution >= 4 is 5.78 Å². The molecule has 1 aromatic carbocycles. The summed E-state index contributed by atoms with van der Waals surface area (Å²) in [7, 11) is 0. The van der Waals surface area contributed by atoms with Crippen LogP contribution in [0.25, 0.3) is 0 Å². The third-order valence-electron chi connectivity index (χ3n) is 3.72. The number of hydrogen-bond acceptors (Lipinski definition) is 2. The topological polar surface area (TPSA) is 37.3 Å². The predicted octanol–water partition coefficient (Wildman–Crippen LogP) is 2.97. The molecule has 96 valence electrons. The summed E-state index contributed by atoms with van der Waals surface area (Å²) in [4.78, 5) is 12.3. The average Bonchev–Trinajstić information content (AvgIpc) is 2.87. The Bertz CT molecular complexity index is 438. The molecule has 1 aromatic rings. The monoisotopic (exact) mass is 248 g/mol. The van der Waals surface area contributed by atoms with Crippen LogP contribution in [0.4, 0.5) is 4.39 Å². The fraction of sp³-hybridized carbons (Fsp3) is 0.400. The quantitative estimate of drug-likeness (QED) is 0.657. The number of carbonyl (C=O) groups is 1. The van der Waals surface area contributed by atoms with Crippen molar-refractivity contribution in [1.29, 1.82) is 0 Å². The van der Waals surface area contributed by atoms with E-state index < -0.39 is 6.10 Å². The molecule has 1 N–H and O–H groups in total. The fourth-order valence-electron chi connectivity index (χ4n) is 2.73. The van der Waals surface area contributed by atoms with Crippen LogP contribution in [-0.2, 0) is 0 Å². The van der Waals surface area contributed by atoms with Gasteiger partial charge in [-0.3, -0.25) is 4.79 Å². The molecule has 0 amide bonds. The van der Waals surface area contributed by atoms with Crippen molar-refractivity contribution in [3.05, 3.63) is 48.3 Å². The minimum absolute atomic E-state index is 0.00148. The molecule has 2 rings (SSSR count). The lowest BCUT2D eigenvalue weighted by Crippen LogP contribution is -2.27. The van der Waals surface area contributed by atoms with Crippen molar-refractivity contribution in [1.82, 2.24) is 0 Å². The Balaban J connectivity index is 2.17. The molecule has 1 fully saturated rings. The average molecular weight is 248 g/mol. The highest BCUT2D eigenvalue weighted by atomic mass is 19.1. The summed E-state index contributed by atoms with van der Waals surface area (Å²) < 4.78 is 12.8. The Morgan fingerprint density at radius 3 is 2.67 bits per heavy atom. The number of aliphatic hydroxyl groups excluding tert-OH is 1. The van der Waals surface area contributed by atoms with E-state index in [9.17, 15) is 14.3 Å². The zero-order valence-electron chi connectivity index (χ0n) is 10.2. The van der Waals surface area contributed by atoms with Crippen molar-refractivity contribution < 1.29 is 14.3 Å². The first-order chi connectivity index (χ1) is 8.63. The van der Waals surface area contributed by atoms with Crippen LogP contribution in [0.5, 0.6) is 0 Å². The van der Waals surface area contributed by atoms with Gasteiger partial charge >= 0.3 is 0 Å². The van der Waals surface area contributed by atoms with Gasteiger partial charge in [0.25, 0.3) is 0 Å². The summed E-state index contributed by atoms with van der Waals surface area (Å²) in [5.41, 5.74) is 0.518. The van der Waals surface area contributed by atoms with Gasteiger partial charge in [-0.2, -0.15) is 0 Å². The molecular weight excluding hydrogens is 231 g/mol. The maximum absolute atomic E-state index is 12.8. The van der Waals surface area contributed by atoms with Gasteiger partial charge in [0.1, 0.15) is 5.82 Å². The Morgan fingerprint density at radius 2 is 2.06 bits per heavy atom. The molecule has 3 heteroatoms. The summed E-state index contributed by atoms with van der Waals surface area (Å²) in [5, 5.41) is 9.84. The van der Waals surface area contributed by atoms with Crippen LogP contribution < -0.4 is 0 Å². The molecule has 3 atom stereocenters. The van der Waals surface area contributed by atoms with E-state index in [4.69, 9.17) is 0 Å². The van der Waals surface area contributed by atoms with E-state index in [1.165, 1.54) is 30.3 Å². The third kappa shape index (κ3) is 2.51. The van der Waals surface area contributed by atoms with E-state index in [2.05, 4.69) is 6.58 Å². The molecule has 0 aromatic heterocycles. The normalized spacial score (nSPS) is 24.8. The molecule has 0 bridgehead atoms. The van der Waals surface area contributed by atoms with E-state index in [1.54, 1.807) is 0 Å². The molecule has 0 radical (unpaired) electrons. The number of rotatable bonds is 4. The van der Waals surface area contributed by atoms with Gasteiger partial charge in [-0.1, -0.05) is 12.5 Å². The second-order valence-corrected chi connectivity index (χ2v) is 4.80. The first kappa shape index (κ1) is 13.0. The highest BCUT2D eigenvalue weighted by Gasteiger charge is 2.36. The van der Waals surface area contributed by atoms with Gasteiger partial charge in [0.15, 0.2) is 5.78 Å². The molecule has 1 aliphatic rings. The number of halogens is 1. The van der Waals surface area contributed by atoms with Gasteiger partial charge in [-0.15, -0.1) is 6.58 Å². The molecule has 0 spiro atoms. The maximum Gasteiger partial charge on any atom is 0.166 e. The minimum Gasteiger partial charge on any atom is -0.389 e. The van der Waals surface area contributed by atoms with Crippen LogP contribution in [-0.4, -0.2) is 17.0 Å².